The Bertz CT molecular complexity index is 1220. The van der Waals surface area contributed by atoms with E-state index in [1.807, 2.05) is 0 Å². The fourth-order valence-electron chi connectivity index (χ4n) is 3.19. The molecule has 0 aliphatic carbocycles. The Labute approximate surface area is 184 Å². The van der Waals surface area contributed by atoms with Gasteiger partial charge in [-0.1, -0.05) is 24.3 Å². The minimum Gasteiger partial charge on any atom is -0.478 e. The standard InChI is InChI=1S/C24H22N4O4/c1-28(2)23(30)15-9-12-18(20(13-15)24(31)32)17-5-3-4-6-19(17)22(29)27-16-10-7-14(8-11-16)21(25)26/h3-13H,1-2H3,(H3,25,26)(H,27,29)(H,31,32). The Hall–Kier alpha value is -4.46. The van der Waals surface area contributed by atoms with Crippen LogP contribution in [-0.2, 0) is 0 Å². The van der Waals surface area contributed by atoms with Crippen molar-refractivity contribution < 1.29 is 19.5 Å². The molecule has 0 fully saturated rings. The van der Waals surface area contributed by atoms with E-state index in [2.05, 4.69) is 5.32 Å². The minimum absolute atomic E-state index is 0.0781. The number of benzene rings is 3. The van der Waals surface area contributed by atoms with Crippen molar-refractivity contribution >= 4 is 29.3 Å². The molecule has 8 nitrogen and oxygen atoms in total. The number of rotatable bonds is 6. The first-order valence-electron chi connectivity index (χ1n) is 9.63. The van der Waals surface area contributed by atoms with Crippen LogP contribution in [0.15, 0.2) is 66.7 Å². The van der Waals surface area contributed by atoms with E-state index in [0.29, 0.717) is 22.4 Å². The first-order valence-corrected chi connectivity index (χ1v) is 9.63. The molecule has 5 N–H and O–H groups in total. The van der Waals surface area contributed by atoms with Crippen molar-refractivity contribution in [3.8, 4) is 11.1 Å². The molecule has 32 heavy (non-hydrogen) atoms. The number of amides is 2. The molecule has 2 amide bonds. The van der Waals surface area contributed by atoms with Gasteiger partial charge in [0, 0.05) is 36.5 Å². The summed E-state index contributed by atoms with van der Waals surface area (Å²) in [6.45, 7) is 0. The fourth-order valence-corrected chi connectivity index (χ4v) is 3.19. The predicted octanol–water partition coefficient (Wildman–Crippen LogP) is 3.29. The highest BCUT2D eigenvalue weighted by molar-refractivity contribution is 6.11. The highest BCUT2D eigenvalue weighted by atomic mass is 16.4. The summed E-state index contributed by atoms with van der Waals surface area (Å²) in [5.74, 6) is -2.03. The van der Waals surface area contributed by atoms with Crippen molar-refractivity contribution in [2.24, 2.45) is 5.73 Å². The average molecular weight is 430 g/mol. The third-order valence-corrected chi connectivity index (χ3v) is 4.82. The third kappa shape index (κ3) is 4.65. The second kappa shape index (κ2) is 9.13. The smallest absolute Gasteiger partial charge is 0.336 e. The monoisotopic (exact) mass is 430 g/mol. The summed E-state index contributed by atoms with van der Waals surface area (Å²) < 4.78 is 0. The first kappa shape index (κ1) is 22.2. The van der Waals surface area contributed by atoms with Gasteiger partial charge in [-0.3, -0.25) is 15.0 Å². The largest absolute Gasteiger partial charge is 0.478 e. The van der Waals surface area contributed by atoms with E-state index >= 15 is 0 Å². The van der Waals surface area contributed by atoms with Gasteiger partial charge in [0.2, 0.25) is 0 Å². The topological polar surface area (TPSA) is 137 Å². The lowest BCUT2D eigenvalue weighted by Gasteiger charge is -2.15. The van der Waals surface area contributed by atoms with Gasteiger partial charge in [-0.05, 0) is 53.6 Å². The number of nitrogens with zero attached hydrogens (tertiary/aromatic N) is 1. The van der Waals surface area contributed by atoms with Crippen LogP contribution in [0.25, 0.3) is 11.1 Å². The number of carbonyl (C=O) groups is 3. The molecule has 0 aliphatic heterocycles. The number of carbonyl (C=O) groups excluding carboxylic acids is 2. The summed E-state index contributed by atoms with van der Waals surface area (Å²) in [6, 6.07) is 17.5. The van der Waals surface area contributed by atoms with Gasteiger partial charge in [0.1, 0.15) is 5.84 Å². The SMILES string of the molecule is CN(C)C(=O)c1ccc(-c2ccccc2C(=O)Nc2ccc(C(=N)N)cc2)c(C(=O)O)c1. The lowest BCUT2D eigenvalue weighted by molar-refractivity contribution is 0.0697. The number of aromatic carboxylic acids is 1. The number of nitrogen functional groups attached to an aromatic ring is 1. The Morgan fingerprint density at radius 2 is 1.47 bits per heavy atom. The molecule has 0 atom stereocenters. The summed E-state index contributed by atoms with van der Waals surface area (Å²) in [5, 5.41) is 20.0. The normalized spacial score (nSPS) is 10.3. The molecule has 0 radical (unpaired) electrons. The predicted molar refractivity (Wildman–Crippen MR) is 122 cm³/mol. The van der Waals surface area contributed by atoms with Gasteiger partial charge >= 0.3 is 5.97 Å². The van der Waals surface area contributed by atoms with Crippen molar-refractivity contribution in [3.63, 3.8) is 0 Å². The maximum absolute atomic E-state index is 13.0. The number of anilines is 1. The van der Waals surface area contributed by atoms with Crippen molar-refractivity contribution in [3.05, 3.63) is 89.0 Å². The van der Waals surface area contributed by atoms with Crippen LogP contribution < -0.4 is 11.1 Å². The van der Waals surface area contributed by atoms with Crippen LogP contribution >= 0.6 is 0 Å². The van der Waals surface area contributed by atoms with Crippen LogP contribution in [0.2, 0.25) is 0 Å². The quantitative estimate of drug-likeness (QED) is 0.351. The van der Waals surface area contributed by atoms with Crippen LogP contribution in [-0.4, -0.2) is 47.7 Å². The van der Waals surface area contributed by atoms with E-state index < -0.39 is 11.9 Å². The number of hydrogen-bond donors (Lipinski definition) is 4. The molecule has 0 unspecified atom stereocenters. The molecule has 3 aromatic rings. The zero-order valence-corrected chi connectivity index (χ0v) is 17.5. The van der Waals surface area contributed by atoms with E-state index in [-0.39, 0.29) is 28.4 Å². The highest BCUT2D eigenvalue weighted by Crippen LogP contribution is 2.29. The van der Waals surface area contributed by atoms with Crippen LogP contribution in [0.3, 0.4) is 0 Å². The number of carboxylic acid groups (broad SMARTS) is 1. The number of hydrogen-bond acceptors (Lipinski definition) is 4. The van der Waals surface area contributed by atoms with Crippen LogP contribution in [0.4, 0.5) is 5.69 Å². The fraction of sp³-hybridized carbons (Fsp3) is 0.0833. The minimum atomic E-state index is -1.21. The molecule has 0 saturated heterocycles. The molecule has 8 heteroatoms. The third-order valence-electron chi connectivity index (χ3n) is 4.82. The van der Waals surface area contributed by atoms with E-state index in [1.54, 1.807) is 68.7 Å². The van der Waals surface area contributed by atoms with Gasteiger partial charge in [-0.15, -0.1) is 0 Å². The van der Waals surface area contributed by atoms with Crippen LogP contribution in [0.1, 0.15) is 36.6 Å². The molecule has 3 aromatic carbocycles. The Balaban J connectivity index is 2.00. The average Bonchev–Trinajstić information content (AvgIpc) is 2.78. The number of nitrogens with two attached hydrogens (primary N) is 1. The van der Waals surface area contributed by atoms with E-state index in [4.69, 9.17) is 11.1 Å². The Morgan fingerprint density at radius 3 is 2.06 bits per heavy atom. The molecule has 0 saturated carbocycles. The summed E-state index contributed by atoms with van der Waals surface area (Å²) >= 11 is 0. The lowest BCUT2D eigenvalue weighted by Crippen LogP contribution is -2.22. The van der Waals surface area contributed by atoms with Gasteiger partial charge in [-0.2, -0.15) is 0 Å². The summed E-state index contributed by atoms with van der Waals surface area (Å²) in [5.41, 5.74) is 7.66. The maximum Gasteiger partial charge on any atom is 0.336 e. The van der Waals surface area contributed by atoms with E-state index in [1.165, 1.54) is 17.0 Å². The number of nitrogens with one attached hydrogen (secondary N) is 2. The molecule has 0 spiro atoms. The summed E-state index contributed by atoms with van der Waals surface area (Å²) in [6.07, 6.45) is 0. The second-order valence-electron chi connectivity index (χ2n) is 7.26. The van der Waals surface area contributed by atoms with Crippen LogP contribution in [0, 0.1) is 5.41 Å². The van der Waals surface area contributed by atoms with Crippen molar-refractivity contribution in [1.82, 2.24) is 4.90 Å². The highest BCUT2D eigenvalue weighted by Gasteiger charge is 2.20. The number of amidine groups is 1. The molecule has 0 heterocycles. The van der Waals surface area contributed by atoms with Crippen LogP contribution in [0.5, 0.6) is 0 Å². The maximum atomic E-state index is 13.0. The number of carboxylic acids is 1. The Morgan fingerprint density at radius 1 is 0.875 bits per heavy atom. The molecule has 3 rings (SSSR count). The van der Waals surface area contributed by atoms with Gasteiger partial charge in [0.05, 0.1) is 5.56 Å². The summed E-state index contributed by atoms with van der Waals surface area (Å²) in [4.78, 5) is 38.6. The first-order chi connectivity index (χ1) is 15.2. The van der Waals surface area contributed by atoms with Gasteiger partial charge < -0.3 is 21.1 Å². The molecule has 0 aromatic heterocycles. The van der Waals surface area contributed by atoms with E-state index in [0.717, 1.165) is 0 Å². The molecule has 0 aliphatic rings. The Kier molecular flexibility index (Phi) is 6.34. The zero-order valence-electron chi connectivity index (χ0n) is 17.5. The van der Waals surface area contributed by atoms with Crippen molar-refractivity contribution in [1.29, 1.82) is 5.41 Å². The van der Waals surface area contributed by atoms with E-state index in [9.17, 15) is 19.5 Å². The van der Waals surface area contributed by atoms with Gasteiger partial charge in [-0.25, -0.2) is 4.79 Å². The van der Waals surface area contributed by atoms with Gasteiger partial charge in [0.15, 0.2) is 0 Å². The van der Waals surface area contributed by atoms with Crippen molar-refractivity contribution in [2.75, 3.05) is 19.4 Å². The zero-order chi connectivity index (χ0) is 23.4. The molecular weight excluding hydrogens is 408 g/mol. The molecular formula is C24H22N4O4. The summed E-state index contributed by atoms with van der Waals surface area (Å²) in [7, 11) is 3.17. The van der Waals surface area contributed by atoms with Crippen molar-refractivity contribution in [2.45, 2.75) is 0 Å². The lowest BCUT2D eigenvalue weighted by atomic mass is 9.93. The molecule has 162 valence electrons. The van der Waals surface area contributed by atoms with Gasteiger partial charge in [0.25, 0.3) is 11.8 Å². The second-order valence-corrected chi connectivity index (χ2v) is 7.26. The molecule has 0 bridgehead atoms.